The molecule has 7 aromatic carbocycles. The predicted octanol–water partition coefficient (Wildman–Crippen LogP) is 18.4. The van der Waals surface area contributed by atoms with Crippen molar-refractivity contribution in [2.45, 2.75) is 118 Å². The molecule has 3 aromatic heterocycles. The fraction of sp³-hybridized carbons (Fsp3) is 0.273. The van der Waals surface area contributed by atoms with E-state index in [9.17, 15) is 0 Å². The molecule has 71 heavy (non-hydrogen) atoms. The Labute approximate surface area is 436 Å². The van der Waals surface area contributed by atoms with E-state index in [0.717, 1.165) is 61.2 Å². The van der Waals surface area contributed by atoms with Gasteiger partial charge in [0, 0.05) is 37.4 Å². The molecular formula is C66H67IrN3O-2. The van der Waals surface area contributed by atoms with E-state index in [1.54, 1.807) is 0 Å². The fourth-order valence-electron chi connectivity index (χ4n) is 9.41. The van der Waals surface area contributed by atoms with Crippen LogP contribution in [0.2, 0.25) is 0 Å². The van der Waals surface area contributed by atoms with Crippen LogP contribution in [0.3, 0.4) is 0 Å². The van der Waals surface area contributed by atoms with Gasteiger partial charge >= 0.3 is 0 Å². The molecule has 0 saturated carbocycles. The van der Waals surface area contributed by atoms with Gasteiger partial charge in [0.25, 0.3) is 0 Å². The summed E-state index contributed by atoms with van der Waals surface area (Å²) in [6.07, 6.45) is 1.90. The Hall–Kier alpha value is -6.39. The largest absolute Gasteiger partial charge is 0.501 e. The summed E-state index contributed by atoms with van der Waals surface area (Å²) in [6.45, 7) is 29.3. The Morgan fingerprint density at radius 1 is 0.521 bits per heavy atom. The van der Waals surface area contributed by atoms with Crippen LogP contribution in [0.5, 0.6) is 0 Å². The standard InChI is InChI=1S/C47H43N2O.C19H24N.Ir/c1-29(2)39-26-34(32-20-23-35(24-21-32)47(5,6)7)27-40(30(3)4)44(39)49-42-19-12-11-18-41(42)48-46(49)38-17-13-16-37-36-25-22-33(28-43(36)50-45(37)38)31-14-9-8-10-15-31;1-18(2,3)15-9-7-8-14(12-15)17-13-16(10-11-20-17)19(4,5)6;/h8-16,18-30H,1-7H3;7,9-13H,1-6H3;/q2*-1;. The fourth-order valence-corrected chi connectivity index (χ4v) is 9.41. The summed E-state index contributed by atoms with van der Waals surface area (Å²) in [5.74, 6) is 1.38. The molecule has 0 fully saturated rings. The van der Waals surface area contributed by atoms with Crippen LogP contribution in [-0.4, -0.2) is 14.5 Å². The van der Waals surface area contributed by atoms with Crippen molar-refractivity contribution in [2.75, 3.05) is 0 Å². The van der Waals surface area contributed by atoms with Gasteiger partial charge < -0.3 is 14.0 Å². The Morgan fingerprint density at radius 2 is 1.11 bits per heavy atom. The second-order valence-corrected chi connectivity index (χ2v) is 22.6. The number of benzene rings is 7. The van der Waals surface area contributed by atoms with Gasteiger partial charge in [-0.1, -0.05) is 186 Å². The van der Waals surface area contributed by atoms with Gasteiger partial charge in [-0.2, -0.15) is 0 Å². The smallest absolute Gasteiger partial charge is 0.121 e. The van der Waals surface area contributed by atoms with Crippen LogP contribution in [-0.2, 0) is 36.4 Å². The molecule has 0 spiro atoms. The molecule has 0 aliphatic carbocycles. The van der Waals surface area contributed by atoms with Crippen LogP contribution < -0.4 is 0 Å². The maximum absolute atomic E-state index is 6.77. The summed E-state index contributed by atoms with van der Waals surface area (Å²) in [5.41, 5.74) is 19.5. The van der Waals surface area contributed by atoms with Gasteiger partial charge in [0.05, 0.1) is 22.4 Å². The third kappa shape index (κ3) is 10.5. The van der Waals surface area contributed by atoms with Crippen molar-refractivity contribution in [2.24, 2.45) is 0 Å². The van der Waals surface area contributed by atoms with Gasteiger partial charge in [-0.3, -0.25) is 4.98 Å². The van der Waals surface area contributed by atoms with Crippen molar-refractivity contribution in [3.8, 4) is 50.6 Å². The minimum Gasteiger partial charge on any atom is -0.501 e. The number of hydrogen-bond donors (Lipinski definition) is 0. The maximum Gasteiger partial charge on any atom is 0.121 e. The summed E-state index contributed by atoms with van der Waals surface area (Å²) < 4.78 is 9.14. The molecule has 0 unspecified atom stereocenters. The monoisotopic (exact) mass is 1110 g/mol. The van der Waals surface area contributed by atoms with Crippen LogP contribution in [0.4, 0.5) is 0 Å². The van der Waals surface area contributed by atoms with E-state index in [-0.39, 0.29) is 48.2 Å². The first-order valence-electron chi connectivity index (χ1n) is 24.9. The van der Waals surface area contributed by atoms with E-state index in [4.69, 9.17) is 9.40 Å². The summed E-state index contributed by atoms with van der Waals surface area (Å²) in [6, 6.07) is 61.0. The molecule has 3 heterocycles. The van der Waals surface area contributed by atoms with Crippen LogP contribution in [0, 0.1) is 12.1 Å². The molecule has 0 atom stereocenters. The number of pyridine rings is 1. The van der Waals surface area contributed by atoms with Crippen molar-refractivity contribution < 1.29 is 24.5 Å². The van der Waals surface area contributed by atoms with E-state index in [0.29, 0.717) is 0 Å². The van der Waals surface area contributed by atoms with Gasteiger partial charge in [0.1, 0.15) is 5.58 Å². The number of rotatable bonds is 7. The van der Waals surface area contributed by atoms with Crippen molar-refractivity contribution in [1.29, 1.82) is 0 Å². The Bertz CT molecular complexity index is 3390. The van der Waals surface area contributed by atoms with Gasteiger partial charge in [0.15, 0.2) is 0 Å². The predicted molar refractivity (Wildman–Crippen MR) is 296 cm³/mol. The number of imidazole rings is 1. The molecule has 363 valence electrons. The molecule has 0 aliphatic rings. The maximum atomic E-state index is 6.77. The topological polar surface area (TPSA) is 43.9 Å². The van der Waals surface area contributed by atoms with Crippen LogP contribution in [0.25, 0.3) is 83.6 Å². The summed E-state index contributed by atoms with van der Waals surface area (Å²) in [4.78, 5) is 9.85. The number of hydrogen-bond acceptors (Lipinski definition) is 3. The molecule has 1 radical (unpaired) electrons. The normalized spacial score (nSPS) is 12.2. The zero-order valence-corrected chi connectivity index (χ0v) is 46.1. The number of nitrogens with zero attached hydrogens (tertiary/aromatic N) is 3. The zero-order valence-electron chi connectivity index (χ0n) is 43.7. The molecule has 0 N–H and O–H groups in total. The average molecular weight is 1110 g/mol. The molecule has 10 aromatic rings. The third-order valence-electron chi connectivity index (χ3n) is 13.6. The van der Waals surface area contributed by atoms with Crippen LogP contribution >= 0.6 is 0 Å². The molecule has 0 bridgehead atoms. The zero-order chi connectivity index (χ0) is 49.7. The van der Waals surface area contributed by atoms with E-state index < -0.39 is 0 Å². The first-order chi connectivity index (χ1) is 33.3. The minimum absolute atomic E-state index is 0. The van der Waals surface area contributed by atoms with Crippen molar-refractivity contribution >= 4 is 33.0 Å². The summed E-state index contributed by atoms with van der Waals surface area (Å²) in [7, 11) is 0. The second kappa shape index (κ2) is 20.0. The quantitative estimate of drug-likeness (QED) is 0.149. The van der Waals surface area contributed by atoms with Gasteiger partial charge in [0.2, 0.25) is 0 Å². The third-order valence-corrected chi connectivity index (χ3v) is 13.6. The number of fused-ring (bicyclic) bond motifs is 4. The average Bonchev–Trinajstić information content (AvgIpc) is 3.92. The Balaban J connectivity index is 0.000000271. The SMILES string of the molecule is CC(C)(C)c1cc[c-]c(-c2cc(C(C)(C)C)ccn2)c1.CC(C)c1cc(-c2ccc(C(C)(C)C)cc2)cc(C(C)C)c1-n1c(-c2[c-]ccc3c2oc2cc(-c4ccccc4)ccc23)nc2ccccc21.[Ir]. The minimum atomic E-state index is 0. The number of para-hydroxylation sites is 2. The van der Waals surface area contributed by atoms with Crippen molar-refractivity contribution in [3.63, 3.8) is 0 Å². The first-order valence-corrected chi connectivity index (χ1v) is 24.9. The van der Waals surface area contributed by atoms with Gasteiger partial charge in [-0.05, 0) is 115 Å². The summed E-state index contributed by atoms with van der Waals surface area (Å²) in [5, 5.41) is 2.15. The van der Waals surface area contributed by atoms with E-state index >= 15 is 0 Å². The first kappa shape index (κ1) is 51.0. The van der Waals surface area contributed by atoms with Gasteiger partial charge in [-0.25, -0.2) is 0 Å². The van der Waals surface area contributed by atoms with Crippen molar-refractivity contribution in [3.05, 3.63) is 198 Å². The molecule has 0 aliphatic heterocycles. The molecule has 0 amide bonds. The molecule has 0 saturated heterocycles. The second-order valence-electron chi connectivity index (χ2n) is 22.6. The summed E-state index contributed by atoms with van der Waals surface area (Å²) >= 11 is 0. The van der Waals surface area contributed by atoms with Crippen LogP contribution in [0.1, 0.15) is 130 Å². The van der Waals surface area contributed by atoms with Crippen LogP contribution in [0.15, 0.2) is 162 Å². The Kier molecular flexibility index (Phi) is 14.4. The van der Waals surface area contributed by atoms with E-state index in [1.165, 1.54) is 50.2 Å². The Morgan fingerprint density at radius 3 is 1.76 bits per heavy atom. The molecule has 4 nitrogen and oxygen atoms in total. The number of furan rings is 1. The molecular weight excluding hydrogens is 1040 g/mol. The molecule has 10 rings (SSSR count). The van der Waals surface area contributed by atoms with E-state index in [1.807, 2.05) is 24.4 Å². The van der Waals surface area contributed by atoms with Crippen molar-refractivity contribution in [1.82, 2.24) is 14.5 Å². The van der Waals surface area contributed by atoms with Gasteiger partial charge in [-0.15, -0.1) is 53.6 Å². The molecule has 5 heteroatoms. The van der Waals surface area contributed by atoms with E-state index in [2.05, 4.69) is 245 Å². The number of aromatic nitrogens is 3.